The summed E-state index contributed by atoms with van der Waals surface area (Å²) in [7, 11) is 0. The zero-order valence-electron chi connectivity index (χ0n) is 23.2. The Hall–Kier alpha value is -4.45. The number of pyridine rings is 2. The molecule has 0 spiro atoms. The Kier molecular flexibility index (Phi) is 8.02. The van der Waals surface area contributed by atoms with E-state index >= 15 is 0 Å². The molecule has 0 aliphatic carbocycles. The molecule has 0 saturated heterocycles. The van der Waals surface area contributed by atoms with Gasteiger partial charge >= 0.3 is 0 Å². The van der Waals surface area contributed by atoms with Crippen molar-refractivity contribution < 1.29 is 0 Å². The number of aromatic nitrogens is 3. The normalized spacial score (nSPS) is 11.4. The van der Waals surface area contributed by atoms with Crippen LogP contribution in [-0.4, -0.2) is 46.8 Å². The third kappa shape index (κ3) is 5.55. The van der Waals surface area contributed by atoms with Gasteiger partial charge in [-0.25, -0.2) is 9.98 Å². The van der Waals surface area contributed by atoms with Crippen molar-refractivity contribution in [3.05, 3.63) is 97.0 Å². The van der Waals surface area contributed by atoms with Crippen LogP contribution in [0, 0.1) is 0 Å². The lowest BCUT2D eigenvalue weighted by Crippen LogP contribution is -2.21. The van der Waals surface area contributed by atoms with Crippen molar-refractivity contribution in [1.29, 1.82) is 0 Å². The maximum atomic E-state index is 5.07. The second-order valence-electron chi connectivity index (χ2n) is 9.40. The molecular formula is C33H36N6. The summed E-state index contributed by atoms with van der Waals surface area (Å²) in [6, 6.07) is 25.5. The van der Waals surface area contributed by atoms with Gasteiger partial charge in [-0.1, -0.05) is 24.3 Å². The zero-order valence-corrected chi connectivity index (χ0v) is 23.2. The molecular weight excluding hydrogens is 480 g/mol. The predicted octanol–water partition coefficient (Wildman–Crippen LogP) is 7.51. The Morgan fingerprint density at radius 2 is 1.28 bits per heavy atom. The predicted molar refractivity (Wildman–Crippen MR) is 165 cm³/mol. The van der Waals surface area contributed by atoms with Gasteiger partial charge < -0.3 is 9.80 Å². The smallest absolute Gasteiger partial charge is 0.165 e. The van der Waals surface area contributed by atoms with Crippen LogP contribution in [0.4, 0.5) is 17.2 Å². The van der Waals surface area contributed by atoms with E-state index in [4.69, 9.17) is 9.98 Å². The number of aliphatic imine (C=N–C) groups is 1. The minimum absolute atomic E-state index is 0.815. The Bertz CT molecular complexity index is 1530. The van der Waals surface area contributed by atoms with Crippen molar-refractivity contribution in [1.82, 2.24) is 14.4 Å². The molecule has 3 aromatic heterocycles. The highest BCUT2D eigenvalue weighted by molar-refractivity contribution is 5.86. The maximum absolute atomic E-state index is 5.07. The molecule has 0 amide bonds. The fourth-order valence-corrected chi connectivity index (χ4v) is 4.99. The van der Waals surface area contributed by atoms with Gasteiger partial charge in [-0.3, -0.25) is 9.38 Å². The van der Waals surface area contributed by atoms with Crippen LogP contribution < -0.4 is 9.80 Å². The van der Waals surface area contributed by atoms with Gasteiger partial charge in [-0.05, 0) is 92.9 Å². The molecule has 6 heteroatoms. The number of benzene rings is 2. The van der Waals surface area contributed by atoms with E-state index in [0.717, 1.165) is 65.6 Å². The van der Waals surface area contributed by atoms with Crippen LogP contribution >= 0.6 is 0 Å². The lowest BCUT2D eigenvalue weighted by Gasteiger charge is -2.21. The van der Waals surface area contributed by atoms with Gasteiger partial charge in [0.05, 0.1) is 0 Å². The standard InChI is InChI=1S/C33H36N6/c1-5-37(6-2)29-13-9-25(10-14-29)24-35-33-32(27-11-15-30(16-12-27)38(7-3)8-4)36-31-23-28(19-22-39(31)33)26-17-20-34-21-18-26/h9-24H,5-8H2,1-4H3. The van der Waals surface area contributed by atoms with Crippen LogP contribution in [0.1, 0.15) is 33.3 Å². The van der Waals surface area contributed by atoms with Crippen molar-refractivity contribution in [3.8, 4) is 22.4 Å². The third-order valence-electron chi connectivity index (χ3n) is 7.24. The van der Waals surface area contributed by atoms with Crippen molar-refractivity contribution in [3.63, 3.8) is 0 Å². The molecule has 0 fully saturated rings. The highest BCUT2D eigenvalue weighted by atomic mass is 15.1. The topological polar surface area (TPSA) is 49.0 Å². The summed E-state index contributed by atoms with van der Waals surface area (Å²) in [4.78, 5) is 18.9. The summed E-state index contributed by atoms with van der Waals surface area (Å²) in [5.41, 5.74) is 8.47. The molecule has 0 saturated carbocycles. The number of nitrogens with zero attached hydrogens (tertiary/aromatic N) is 6. The molecule has 0 unspecified atom stereocenters. The number of fused-ring (bicyclic) bond motifs is 1. The summed E-state index contributed by atoms with van der Waals surface area (Å²) < 4.78 is 2.07. The largest absolute Gasteiger partial charge is 0.372 e. The van der Waals surface area contributed by atoms with Gasteiger partial charge in [0.25, 0.3) is 0 Å². The summed E-state index contributed by atoms with van der Waals surface area (Å²) in [6.45, 7) is 12.7. The van der Waals surface area contributed by atoms with E-state index in [1.807, 2.05) is 30.7 Å². The molecule has 6 nitrogen and oxygen atoms in total. The highest BCUT2D eigenvalue weighted by Gasteiger charge is 2.15. The van der Waals surface area contributed by atoms with Gasteiger partial charge in [0.15, 0.2) is 5.82 Å². The monoisotopic (exact) mass is 516 g/mol. The zero-order chi connectivity index (χ0) is 27.2. The summed E-state index contributed by atoms with van der Waals surface area (Å²) in [6.07, 6.45) is 7.62. The van der Waals surface area contributed by atoms with Gasteiger partial charge in [-0.2, -0.15) is 0 Å². The summed E-state index contributed by atoms with van der Waals surface area (Å²) >= 11 is 0. The van der Waals surface area contributed by atoms with Crippen molar-refractivity contribution in [2.24, 2.45) is 4.99 Å². The Labute approximate surface area is 231 Å². The first-order valence-corrected chi connectivity index (χ1v) is 13.8. The third-order valence-corrected chi connectivity index (χ3v) is 7.24. The van der Waals surface area contributed by atoms with E-state index in [2.05, 4.69) is 114 Å². The maximum Gasteiger partial charge on any atom is 0.165 e. The lowest BCUT2D eigenvalue weighted by molar-refractivity contribution is 0.866. The van der Waals surface area contributed by atoms with E-state index in [1.54, 1.807) is 0 Å². The average Bonchev–Trinajstić information content (AvgIpc) is 3.36. The van der Waals surface area contributed by atoms with Gasteiger partial charge in [0.2, 0.25) is 0 Å². The Morgan fingerprint density at radius 1 is 0.692 bits per heavy atom. The number of hydrogen-bond donors (Lipinski definition) is 0. The molecule has 0 aliphatic rings. The number of anilines is 2. The first-order chi connectivity index (χ1) is 19.1. The minimum atomic E-state index is 0.815. The van der Waals surface area contributed by atoms with Crippen LogP contribution in [0.5, 0.6) is 0 Å². The van der Waals surface area contributed by atoms with Crippen molar-refractivity contribution in [2.45, 2.75) is 27.7 Å². The molecule has 3 heterocycles. The van der Waals surface area contributed by atoms with E-state index in [9.17, 15) is 0 Å². The van der Waals surface area contributed by atoms with Gasteiger partial charge in [0, 0.05) is 67.9 Å². The van der Waals surface area contributed by atoms with E-state index in [0.29, 0.717) is 0 Å². The van der Waals surface area contributed by atoms with Crippen LogP contribution in [0.25, 0.3) is 28.0 Å². The average molecular weight is 517 g/mol. The number of hydrogen-bond acceptors (Lipinski definition) is 5. The fraction of sp³-hybridized carbons (Fsp3) is 0.242. The van der Waals surface area contributed by atoms with E-state index in [-0.39, 0.29) is 0 Å². The second kappa shape index (κ2) is 11.9. The summed E-state index contributed by atoms with van der Waals surface area (Å²) in [5.74, 6) is 0.815. The first kappa shape index (κ1) is 26.2. The molecule has 0 bridgehead atoms. The van der Waals surface area contributed by atoms with Gasteiger partial charge in [0.1, 0.15) is 11.3 Å². The van der Waals surface area contributed by atoms with E-state index < -0.39 is 0 Å². The van der Waals surface area contributed by atoms with Crippen LogP contribution in [0.2, 0.25) is 0 Å². The molecule has 5 aromatic rings. The second-order valence-corrected chi connectivity index (χ2v) is 9.40. The molecule has 0 N–H and O–H groups in total. The van der Waals surface area contributed by atoms with Crippen molar-refractivity contribution in [2.75, 3.05) is 36.0 Å². The quantitative estimate of drug-likeness (QED) is 0.180. The molecule has 198 valence electrons. The molecule has 0 aliphatic heterocycles. The van der Waals surface area contributed by atoms with Crippen molar-refractivity contribution >= 4 is 29.1 Å². The minimum Gasteiger partial charge on any atom is -0.372 e. The van der Waals surface area contributed by atoms with Crippen LogP contribution in [0.3, 0.4) is 0 Å². The SMILES string of the molecule is CCN(CC)c1ccc(C=Nc2c(-c3ccc(N(CC)CC)cc3)nc3cc(-c4ccncc4)ccn23)cc1. The Balaban J connectivity index is 1.56. The number of rotatable bonds is 10. The van der Waals surface area contributed by atoms with Crippen LogP contribution in [-0.2, 0) is 0 Å². The molecule has 39 heavy (non-hydrogen) atoms. The molecule has 5 rings (SSSR count). The van der Waals surface area contributed by atoms with E-state index in [1.165, 1.54) is 11.4 Å². The highest BCUT2D eigenvalue weighted by Crippen LogP contribution is 2.34. The lowest BCUT2D eigenvalue weighted by atomic mass is 10.1. The first-order valence-electron chi connectivity index (χ1n) is 13.8. The van der Waals surface area contributed by atoms with Crippen LogP contribution in [0.15, 0.2) is 96.4 Å². The summed E-state index contributed by atoms with van der Waals surface area (Å²) in [5, 5.41) is 0. The molecule has 2 aromatic carbocycles. The molecule has 0 atom stereocenters. The molecule has 0 radical (unpaired) electrons. The number of imidazole rings is 1. The fourth-order valence-electron chi connectivity index (χ4n) is 4.99. The van der Waals surface area contributed by atoms with Gasteiger partial charge in [-0.15, -0.1) is 0 Å². The Morgan fingerprint density at radius 3 is 1.87 bits per heavy atom.